The quantitative estimate of drug-likeness (QED) is 0.609. The first-order valence-corrected chi connectivity index (χ1v) is 7.96. The summed E-state index contributed by atoms with van der Waals surface area (Å²) in [5, 5.41) is 0. The van der Waals surface area contributed by atoms with Gasteiger partial charge in [0, 0.05) is 10.4 Å². The van der Waals surface area contributed by atoms with Gasteiger partial charge in [-0.05, 0) is 52.9 Å². The minimum absolute atomic E-state index is 0.121. The molecule has 0 bridgehead atoms. The largest absolute Gasteiger partial charge is 0.465 e. The van der Waals surface area contributed by atoms with E-state index in [4.69, 9.17) is 9.47 Å². The Morgan fingerprint density at radius 3 is 3.00 bits per heavy atom. The van der Waals surface area contributed by atoms with Crippen LogP contribution >= 0.6 is 15.9 Å². The summed E-state index contributed by atoms with van der Waals surface area (Å²) in [6.07, 6.45) is 2.15. The molecule has 1 saturated carbocycles. The number of halogens is 1. The molecular weight excluding hydrogens is 348 g/mol. The Morgan fingerprint density at radius 1 is 1.55 bits per heavy atom. The van der Waals surface area contributed by atoms with Crippen molar-refractivity contribution >= 4 is 27.9 Å². The number of carbonyl (C=O) groups is 2. The molecule has 2 unspecified atom stereocenters. The van der Waals surface area contributed by atoms with E-state index in [1.165, 1.54) is 7.11 Å². The van der Waals surface area contributed by atoms with E-state index in [9.17, 15) is 9.59 Å². The number of esters is 2. The number of hydrogen-bond donors (Lipinski definition) is 0. The summed E-state index contributed by atoms with van der Waals surface area (Å²) in [5.74, 6) is -0.292. The average molecular weight is 365 g/mol. The van der Waals surface area contributed by atoms with Gasteiger partial charge in [-0.2, -0.15) is 0 Å². The summed E-state index contributed by atoms with van der Waals surface area (Å²) in [7, 11) is 1.35. The van der Waals surface area contributed by atoms with Crippen LogP contribution < -0.4 is 0 Å². The maximum atomic E-state index is 12.3. The van der Waals surface area contributed by atoms with Crippen molar-refractivity contribution in [2.45, 2.75) is 19.3 Å². The van der Waals surface area contributed by atoms with E-state index in [0.717, 1.165) is 17.6 Å². The monoisotopic (exact) mass is 364 g/mol. The van der Waals surface area contributed by atoms with Crippen LogP contribution in [0.1, 0.15) is 28.8 Å². The van der Waals surface area contributed by atoms with Crippen LogP contribution in [0, 0.1) is 11.3 Å². The maximum absolute atomic E-state index is 12.3. The number of ether oxygens (including phenoxy) is 2. The zero-order valence-corrected chi connectivity index (χ0v) is 13.9. The number of methoxy groups -OCH3 is 1. The number of benzene rings is 1. The van der Waals surface area contributed by atoms with Gasteiger partial charge in [0.15, 0.2) is 0 Å². The van der Waals surface area contributed by atoms with Gasteiger partial charge in [0.05, 0.1) is 24.7 Å². The van der Waals surface area contributed by atoms with Gasteiger partial charge >= 0.3 is 11.9 Å². The summed E-state index contributed by atoms with van der Waals surface area (Å²) < 4.78 is 10.7. The number of hydrogen-bond acceptors (Lipinski definition) is 4. The second kappa shape index (κ2) is 5.54. The molecule has 1 heterocycles. The first-order valence-electron chi connectivity index (χ1n) is 7.17. The van der Waals surface area contributed by atoms with Crippen LogP contribution in [-0.2, 0) is 20.7 Å². The Bertz CT molecular complexity index is 667. The third-order valence-electron chi connectivity index (χ3n) is 4.66. The SMILES string of the molecule is C=C1CC2COC(=O)C2(Cc2ccc(C(=O)OC)c(Br)c2)C1. The summed E-state index contributed by atoms with van der Waals surface area (Å²) >= 11 is 3.40. The molecule has 1 saturated heterocycles. The minimum atomic E-state index is -0.483. The maximum Gasteiger partial charge on any atom is 0.338 e. The van der Waals surface area contributed by atoms with Crippen LogP contribution in [0.5, 0.6) is 0 Å². The highest BCUT2D eigenvalue weighted by molar-refractivity contribution is 9.10. The molecule has 1 aromatic rings. The Kier molecular flexibility index (Phi) is 3.85. The lowest BCUT2D eigenvalue weighted by atomic mass is 9.75. The van der Waals surface area contributed by atoms with Crippen LogP contribution in [0.25, 0.3) is 0 Å². The molecule has 0 N–H and O–H groups in total. The van der Waals surface area contributed by atoms with E-state index in [-0.39, 0.29) is 17.9 Å². The van der Waals surface area contributed by atoms with Crippen LogP contribution in [-0.4, -0.2) is 25.7 Å². The van der Waals surface area contributed by atoms with E-state index in [2.05, 4.69) is 22.5 Å². The number of cyclic esters (lactones) is 1. The lowest BCUT2D eigenvalue weighted by molar-refractivity contribution is -0.146. The fourth-order valence-electron chi connectivity index (χ4n) is 3.57. The first-order chi connectivity index (χ1) is 10.5. The predicted octanol–water partition coefficient (Wildman–Crippen LogP) is 3.29. The van der Waals surface area contributed by atoms with Gasteiger partial charge in [-0.3, -0.25) is 4.79 Å². The topological polar surface area (TPSA) is 52.6 Å². The second-order valence-corrected chi connectivity index (χ2v) is 6.92. The second-order valence-electron chi connectivity index (χ2n) is 6.06. The van der Waals surface area contributed by atoms with Crippen molar-refractivity contribution in [1.82, 2.24) is 0 Å². The third-order valence-corrected chi connectivity index (χ3v) is 5.32. The molecule has 116 valence electrons. The van der Waals surface area contributed by atoms with Crippen molar-refractivity contribution in [3.8, 4) is 0 Å². The summed E-state index contributed by atoms with van der Waals surface area (Å²) in [4.78, 5) is 23.9. The Hall–Kier alpha value is -1.62. The highest BCUT2D eigenvalue weighted by Gasteiger charge is 2.55. The van der Waals surface area contributed by atoms with Crippen LogP contribution in [0.15, 0.2) is 34.8 Å². The van der Waals surface area contributed by atoms with Gasteiger partial charge in [-0.15, -0.1) is 0 Å². The molecule has 1 aliphatic carbocycles. The van der Waals surface area contributed by atoms with Gasteiger partial charge < -0.3 is 9.47 Å². The molecule has 3 rings (SSSR count). The van der Waals surface area contributed by atoms with Gasteiger partial charge in [0.25, 0.3) is 0 Å². The molecule has 5 heteroatoms. The van der Waals surface area contributed by atoms with Crippen molar-refractivity contribution in [2.24, 2.45) is 11.3 Å². The molecule has 22 heavy (non-hydrogen) atoms. The van der Waals surface area contributed by atoms with Gasteiger partial charge in [0.2, 0.25) is 0 Å². The standard InChI is InChI=1S/C17H17BrO4/c1-10-5-12-9-22-16(20)17(12,7-10)8-11-3-4-13(14(18)6-11)15(19)21-2/h3-4,6,12H,1,5,7-9H2,2H3. The van der Waals surface area contributed by atoms with Crippen LogP contribution in [0.2, 0.25) is 0 Å². The van der Waals surface area contributed by atoms with Crippen molar-refractivity contribution in [2.75, 3.05) is 13.7 Å². The predicted molar refractivity (Wildman–Crippen MR) is 84.4 cm³/mol. The van der Waals surface area contributed by atoms with E-state index in [1.54, 1.807) is 6.07 Å². The number of allylic oxidation sites excluding steroid dienone is 1. The van der Waals surface area contributed by atoms with Crippen molar-refractivity contribution in [3.63, 3.8) is 0 Å². The zero-order valence-electron chi connectivity index (χ0n) is 12.4. The summed E-state index contributed by atoms with van der Waals surface area (Å²) in [5.41, 5.74) is 2.11. The summed E-state index contributed by atoms with van der Waals surface area (Å²) in [6.45, 7) is 4.53. The Labute approximate surface area is 137 Å². The molecule has 0 amide bonds. The fourth-order valence-corrected chi connectivity index (χ4v) is 4.16. The van der Waals surface area contributed by atoms with E-state index < -0.39 is 5.41 Å². The fraction of sp³-hybridized carbons (Fsp3) is 0.412. The molecule has 2 aliphatic rings. The molecule has 0 radical (unpaired) electrons. The molecule has 1 aromatic carbocycles. The lowest BCUT2D eigenvalue weighted by Crippen LogP contribution is -2.31. The van der Waals surface area contributed by atoms with Crippen LogP contribution in [0.3, 0.4) is 0 Å². The van der Waals surface area contributed by atoms with Crippen LogP contribution in [0.4, 0.5) is 0 Å². The van der Waals surface area contributed by atoms with E-state index in [0.29, 0.717) is 29.5 Å². The van der Waals surface area contributed by atoms with Crippen molar-refractivity contribution in [1.29, 1.82) is 0 Å². The molecule has 0 aromatic heterocycles. The van der Waals surface area contributed by atoms with Gasteiger partial charge in [0.1, 0.15) is 0 Å². The molecule has 1 aliphatic heterocycles. The Morgan fingerprint density at radius 2 is 2.32 bits per heavy atom. The molecular formula is C17H17BrO4. The number of fused-ring (bicyclic) bond motifs is 1. The summed E-state index contributed by atoms with van der Waals surface area (Å²) in [6, 6.07) is 5.47. The molecule has 4 nitrogen and oxygen atoms in total. The third kappa shape index (κ3) is 2.37. The van der Waals surface area contributed by atoms with Gasteiger partial charge in [-0.25, -0.2) is 4.79 Å². The highest BCUT2D eigenvalue weighted by atomic mass is 79.9. The smallest absolute Gasteiger partial charge is 0.338 e. The van der Waals surface area contributed by atoms with Crippen molar-refractivity contribution < 1.29 is 19.1 Å². The highest BCUT2D eigenvalue weighted by Crippen LogP contribution is 2.52. The average Bonchev–Trinajstić information content (AvgIpc) is 2.94. The lowest BCUT2D eigenvalue weighted by Gasteiger charge is -2.24. The number of carbonyl (C=O) groups excluding carboxylic acids is 2. The van der Waals surface area contributed by atoms with Crippen molar-refractivity contribution in [3.05, 3.63) is 46.0 Å². The molecule has 0 spiro atoms. The van der Waals surface area contributed by atoms with E-state index in [1.807, 2.05) is 12.1 Å². The molecule has 2 atom stereocenters. The Balaban J connectivity index is 1.89. The normalized spacial score (nSPS) is 26.7. The minimum Gasteiger partial charge on any atom is -0.465 e. The van der Waals surface area contributed by atoms with Gasteiger partial charge in [-0.1, -0.05) is 18.2 Å². The number of rotatable bonds is 3. The first kappa shape index (κ1) is 15.3. The van der Waals surface area contributed by atoms with E-state index >= 15 is 0 Å². The zero-order chi connectivity index (χ0) is 15.9. The molecule has 2 fully saturated rings.